The summed E-state index contributed by atoms with van der Waals surface area (Å²) in [6.07, 6.45) is 6.74. The van der Waals surface area contributed by atoms with Crippen molar-refractivity contribution >= 4 is 34.1 Å². The molecule has 0 saturated carbocycles. The van der Waals surface area contributed by atoms with Gasteiger partial charge in [-0.15, -0.1) is 0 Å². The Bertz CT molecular complexity index is 1400. The second-order valence-corrected chi connectivity index (χ2v) is 8.25. The van der Waals surface area contributed by atoms with Gasteiger partial charge in [-0.05, 0) is 32.3 Å². The van der Waals surface area contributed by atoms with Crippen molar-refractivity contribution in [3.8, 4) is 17.0 Å². The lowest BCUT2D eigenvalue weighted by Gasteiger charge is -2.14. The van der Waals surface area contributed by atoms with Crippen LogP contribution in [0.25, 0.3) is 22.2 Å². The molecule has 1 amide bonds. The second kappa shape index (κ2) is 10.4. The SMILES string of the molecule is COc1cc(F)c(NC(=O)/C=C/CN(C)C)cc1Nc1nccc(-c2cn(C)c3ccccc23)n1. The number of carbonyl (C=O) groups excluding carboxylic acids is 1. The Kier molecular flexibility index (Phi) is 7.07. The quantitative estimate of drug-likeness (QED) is 0.364. The second-order valence-electron chi connectivity index (χ2n) is 8.25. The van der Waals surface area contributed by atoms with Gasteiger partial charge in [-0.1, -0.05) is 24.3 Å². The zero-order chi connectivity index (χ0) is 24.9. The van der Waals surface area contributed by atoms with Crippen molar-refractivity contribution in [3.63, 3.8) is 0 Å². The van der Waals surface area contributed by atoms with Gasteiger partial charge in [-0.2, -0.15) is 0 Å². The molecule has 0 unspecified atom stereocenters. The van der Waals surface area contributed by atoms with Gasteiger partial charge in [-0.25, -0.2) is 14.4 Å². The number of rotatable bonds is 8. The van der Waals surface area contributed by atoms with E-state index in [2.05, 4.69) is 20.6 Å². The van der Waals surface area contributed by atoms with E-state index in [1.807, 2.05) is 67.1 Å². The maximum atomic E-state index is 14.6. The van der Waals surface area contributed by atoms with E-state index in [-0.39, 0.29) is 11.4 Å². The minimum Gasteiger partial charge on any atom is -0.494 e. The average molecular weight is 475 g/mol. The lowest BCUT2D eigenvalue weighted by molar-refractivity contribution is -0.111. The van der Waals surface area contributed by atoms with Gasteiger partial charge in [0.1, 0.15) is 5.75 Å². The predicted octanol–water partition coefficient (Wildman–Crippen LogP) is 4.58. The number of aromatic nitrogens is 3. The van der Waals surface area contributed by atoms with Crippen LogP contribution < -0.4 is 15.4 Å². The molecular formula is C26H27FN6O2. The van der Waals surface area contributed by atoms with Crippen molar-refractivity contribution in [2.24, 2.45) is 7.05 Å². The van der Waals surface area contributed by atoms with E-state index in [1.165, 1.54) is 25.3 Å². The molecule has 4 rings (SSSR count). The first-order valence-electron chi connectivity index (χ1n) is 11.0. The van der Waals surface area contributed by atoms with Crippen LogP contribution in [-0.4, -0.2) is 53.1 Å². The van der Waals surface area contributed by atoms with Crippen molar-refractivity contribution in [1.29, 1.82) is 0 Å². The number of likely N-dealkylation sites (N-methyl/N-ethyl adjacent to an activating group) is 1. The van der Waals surface area contributed by atoms with Crippen LogP contribution >= 0.6 is 0 Å². The summed E-state index contributed by atoms with van der Waals surface area (Å²) < 4.78 is 22.0. The van der Waals surface area contributed by atoms with E-state index >= 15 is 0 Å². The van der Waals surface area contributed by atoms with Crippen LogP contribution in [0.2, 0.25) is 0 Å². The number of nitrogens with one attached hydrogen (secondary N) is 2. The zero-order valence-corrected chi connectivity index (χ0v) is 20.0. The number of anilines is 3. The van der Waals surface area contributed by atoms with Crippen molar-refractivity contribution in [3.05, 3.63) is 72.8 Å². The Labute approximate surface area is 203 Å². The average Bonchev–Trinajstić information content (AvgIpc) is 3.17. The normalized spacial score (nSPS) is 11.4. The first kappa shape index (κ1) is 23.9. The van der Waals surface area contributed by atoms with E-state index in [1.54, 1.807) is 12.3 Å². The molecular weight excluding hydrogens is 447 g/mol. The molecule has 0 aliphatic carbocycles. The van der Waals surface area contributed by atoms with Gasteiger partial charge < -0.3 is 24.8 Å². The highest BCUT2D eigenvalue weighted by molar-refractivity contribution is 6.00. The number of aryl methyl sites for hydroxylation is 1. The van der Waals surface area contributed by atoms with Crippen molar-refractivity contribution in [1.82, 2.24) is 19.4 Å². The predicted molar refractivity (Wildman–Crippen MR) is 137 cm³/mol. The number of nitrogens with zero attached hydrogens (tertiary/aromatic N) is 4. The summed E-state index contributed by atoms with van der Waals surface area (Å²) in [6, 6.07) is 12.6. The lowest BCUT2D eigenvalue weighted by atomic mass is 10.1. The van der Waals surface area contributed by atoms with E-state index in [4.69, 9.17) is 4.74 Å². The van der Waals surface area contributed by atoms with Crippen LogP contribution in [0.4, 0.5) is 21.7 Å². The minimum absolute atomic E-state index is 0.0120. The lowest BCUT2D eigenvalue weighted by Crippen LogP contribution is -2.13. The molecule has 0 radical (unpaired) electrons. The highest BCUT2D eigenvalue weighted by atomic mass is 19.1. The molecule has 0 aliphatic rings. The number of ether oxygens (including phenoxy) is 1. The molecule has 2 aromatic heterocycles. The van der Waals surface area contributed by atoms with Gasteiger partial charge in [-0.3, -0.25) is 4.79 Å². The van der Waals surface area contributed by atoms with Gasteiger partial charge in [0.15, 0.2) is 5.82 Å². The van der Waals surface area contributed by atoms with Gasteiger partial charge >= 0.3 is 0 Å². The number of para-hydroxylation sites is 1. The van der Waals surface area contributed by atoms with Gasteiger partial charge in [0.2, 0.25) is 11.9 Å². The van der Waals surface area contributed by atoms with Crippen LogP contribution in [-0.2, 0) is 11.8 Å². The topological polar surface area (TPSA) is 84.3 Å². The molecule has 0 bridgehead atoms. The molecule has 180 valence electrons. The molecule has 2 heterocycles. The first-order chi connectivity index (χ1) is 16.9. The number of benzene rings is 2. The molecule has 2 N–H and O–H groups in total. The molecule has 9 heteroatoms. The number of hydrogen-bond acceptors (Lipinski definition) is 6. The third kappa shape index (κ3) is 5.47. The first-order valence-corrected chi connectivity index (χ1v) is 11.0. The largest absolute Gasteiger partial charge is 0.494 e. The molecule has 2 aromatic carbocycles. The van der Waals surface area contributed by atoms with E-state index in [0.717, 1.165) is 22.2 Å². The monoisotopic (exact) mass is 474 g/mol. The van der Waals surface area contributed by atoms with Crippen molar-refractivity contribution < 1.29 is 13.9 Å². The van der Waals surface area contributed by atoms with E-state index < -0.39 is 11.7 Å². The molecule has 0 atom stereocenters. The minimum atomic E-state index is -0.618. The number of amides is 1. The van der Waals surface area contributed by atoms with Crippen molar-refractivity contribution in [2.75, 3.05) is 38.4 Å². The molecule has 4 aromatic rings. The number of halogens is 1. The van der Waals surface area contributed by atoms with E-state index in [9.17, 15) is 9.18 Å². The van der Waals surface area contributed by atoms with Crippen LogP contribution in [0.5, 0.6) is 5.75 Å². The summed E-state index contributed by atoms with van der Waals surface area (Å²) in [7, 11) is 7.21. The Hall–Kier alpha value is -4.24. The number of fused-ring (bicyclic) bond motifs is 1. The zero-order valence-electron chi connectivity index (χ0n) is 20.0. The fourth-order valence-corrected chi connectivity index (χ4v) is 3.70. The molecule has 0 fully saturated rings. The Morgan fingerprint density at radius 1 is 1.20 bits per heavy atom. The highest BCUT2D eigenvalue weighted by Gasteiger charge is 2.15. The molecule has 0 aliphatic heterocycles. The molecule has 0 spiro atoms. The van der Waals surface area contributed by atoms with Crippen LogP contribution in [0.15, 0.2) is 67.0 Å². The summed E-state index contributed by atoms with van der Waals surface area (Å²) in [4.78, 5) is 23.1. The molecule has 8 nitrogen and oxygen atoms in total. The van der Waals surface area contributed by atoms with Crippen LogP contribution in [0.3, 0.4) is 0 Å². The molecule has 35 heavy (non-hydrogen) atoms. The van der Waals surface area contributed by atoms with Crippen LogP contribution in [0, 0.1) is 5.82 Å². The van der Waals surface area contributed by atoms with Crippen molar-refractivity contribution in [2.45, 2.75) is 0 Å². The van der Waals surface area contributed by atoms with Gasteiger partial charge in [0.25, 0.3) is 0 Å². The summed E-state index contributed by atoms with van der Waals surface area (Å²) in [6.45, 7) is 0.593. The molecule has 0 saturated heterocycles. The maximum Gasteiger partial charge on any atom is 0.248 e. The standard InChI is InChI=1S/C26H27FN6O2/c1-32(2)13-7-10-25(34)29-21-15-22(24(35-4)14-19(21)27)31-26-28-12-11-20(30-26)18-16-33(3)23-9-6-5-8-17(18)23/h5-12,14-16H,13H2,1-4H3,(H,29,34)(H,28,30,31)/b10-7+. The summed E-state index contributed by atoms with van der Waals surface area (Å²) >= 11 is 0. The fraction of sp³-hybridized carbons (Fsp3) is 0.192. The summed E-state index contributed by atoms with van der Waals surface area (Å²) in [5.74, 6) is -0.491. The Morgan fingerprint density at radius 3 is 2.77 bits per heavy atom. The van der Waals surface area contributed by atoms with Crippen LogP contribution in [0.1, 0.15) is 0 Å². The van der Waals surface area contributed by atoms with Gasteiger partial charge in [0, 0.05) is 54.6 Å². The van der Waals surface area contributed by atoms with E-state index in [0.29, 0.717) is 18.2 Å². The number of methoxy groups -OCH3 is 1. The Morgan fingerprint density at radius 2 is 2.00 bits per heavy atom. The summed E-state index contributed by atoms with van der Waals surface area (Å²) in [5, 5.41) is 6.73. The fourth-order valence-electron chi connectivity index (χ4n) is 3.70. The Balaban J connectivity index is 1.62. The highest BCUT2D eigenvalue weighted by Crippen LogP contribution is 2.33. The van der Waals surface area contributed by atoms with Gasteiger partial charge in [0.05, 0.1) is 24.2 Å². The third-order valence-electron chi connectivity index (χ3n) is 5.36. The third-order valence-corrected chi connectivity index (χ3v) is 5.36. The number of hydrogen-bond donors (Lipinski definition) is 2. The maximum absolute atomic E-state index is 14.6. The smallest absolute Gasteiger partial charge is 0.248 e. The number of carbonyl (C=O) groups is 1. The summed E-state index contributed by atoms with van der Waals surface area (Å²) in [5.41, 5.74) is 3.22.